The van der Waals surface area contributed by atoms with Crippen molar-refractivity contribution >= 4 is 5.97 Å². The van der Waals surface area contributed by atoms with Gasteiger partial charge in [0.15, 0.2) is 17.8 Å². The number of nitrogens with zero attached hydrogens (tertiary/aromatic N) is 1. The number of aromatic nitrogens is 1. The van der Waals surface area contributed by atoms with Gasteiger partial charge in [-0.25, -0.2) is 9.78 Å². The van der Waals surface area contributed by atoms with Crippen LogP contribution in [0.5, 0.6) is 11.5 Å². The Morgan fingerprint density at radius 2 is 1.67 bits per heavy atom. The van der Waals surface area contributed by atoms with E-state index >= 15 is 0 Å². The molecule has 5 heteroatoms. The van der Waals surface area contributed by atoms with Crippen LogP contribution in [0.15, 0.2) is 65.4 Å². The summed E-state index contributed by atoms with van der Waals surface area (Å²) in [5.74, 6) is 0.495. The van der Waals surface area contributed by atoms with Crippen LogP contribution in [0.3, 0.4) is 0 Å². The first kappa shape index (κ1) is 12.9. The van der Waals surface area contributed by atoms with Gasteiger partial charge in [-0.1, -0.05) is 18.2 Å². The Morgan fingerprint density at radius 1 is 1.00 bits per heavy atom. The predicted octanol–water partition coefficient (Wildman–Crippen LogP) is 3.83. The maximum Gasteiger partial charge on any atom is 0.358 e. The van der Waals surface area contributed by atoms with Crippen molar-refractivity contribution in [2.45, 2.75) is 0 Å². The molecule has 0 amide bonds. The molecule has 2 aromatic carbocycles. The predicted molar refractivity (Wildman–Crippen MR) is 75.4 cm³/mol. The number of para-hydroxylation sites is 1. The van der Waals surface area contributed by atoms with Gasteiger partial charge in [0.2, 0.25) is 0 Å². The van der Waals surface area contributed by atoms with Crippen molar-refractivity contribution in [2.24, 2.45) is 0 Å². The lowest BCUT2D eigenvalue weighted by Gasteiger charge is -2.06. The maximum absolute atomic E-state index is 11.0. The molecule has 0 spiro atoms. The van der Waals surface area contributed by atoms with Gasteiger partial charge < -0.3 is 14.3 Å². The highest BCUT2D eigenvalue weighted by atomic mass is 16.5. The van der Waals surface area contributed by atoms with Gasteiger partial charge in [-0.05, 0) is 36.4 Å². The van der Waals surface area contributed by atoms with Gasteiger partial charge in [-0.2, -0.15) is 0 Å². The SMILES string of the molecule is O=C(O)c1ncoc1-c1ccc(Oc2ccccc2)cc1. The minimum absolute atomic E-state index is 0.105. The van der Waals surface area contributed by atoms with Crippen molar-refractivity contribution in [1.29, 1.82) is 0 Å². The summed E-state index contributed by atoms with van der Waals surface area (Å²) in [6.07, 6.45) is 1.12. The summed E-state index contributed by atoms with van der Waals surface area (Å²) in [5, 5.41) is 9.02. The third kappa shape index (κ3) is 2.76. The number of hydrogen-bond acceptors (Lipinski definition) is 4. The molecular formula is C16H11NO4. The fourth-order valence-corrected chi connectivity index (χ4v) is 1.90. The number of ether oxygens (including phenoxy) is 1. The van der Waals surface area contributed by atoms with Crippen LogP contribution in [0.1, 0.15) is 10.5 Å². The minimum Gasteiger partial charge on any atom is -0.476 e. The summed E-state index contributed by atoms with van der Waals surface area (Å²) in [4.78, 5) is 14.7. The fraction of sp³-hybridized carbons (Fsp3) is 0. The van der Waals surface area contributed by atoms with E-state index in [1.54, 1.807) is 24.3 Å². The molecule has 0 aliphatic heterocycles. The van der Waals surface area contributed by atoms with Crippen LogP contribution in [0.25, 0.3) is 11.3 Å². The van der Waals surface area contributed by atoms with Crippen LogP contribution < -0.4 is 4.74 Å². The molecule has 0 aliphatic rings. The second kappa shape index (κ2) is 5.50. The summed E-state index contributed by atoms with van der Waals surface area (Å²) >= 11 is 0. The van der Waals surface area contributed by atoms with Crippen LogP contribution in [-0.4, -0.2) is 16.1 Å². The Bertz CT molecular complexity index is 747. The van der Waals surface area contributed by atoms with Crippen molar-refractivity contribution in [3.63, 3.8) is 0 Å². The highest BCUT2D eigenvalue weighted by Gasteiger charge is 2.17. The lowest BCUT2D eigenvalue weighted by molar-refractivity contribution is 0.0691. The molecule has 0 saturated heterocycles. The standard InChI is InChI=1S/C16H11NO4/c18-16(19)14-15(20-10-17-14)11-6-8-13(9-7-11)21-12-4-2-1-3-5-12/h1-10H,(H,18,19). The Morgan fingerprint density at radius 3 is 2.33 bits per heavy atom. The van der Waals surface area contributed by atoms with E-state index in [9.17, 15) is 4.79 Å². The number of oxazole rings is 1. The van der Waals surface area contributed by atoms with E-state index in [0.29, 0.717) is 11.3 Å². The number of hydrogen-bond donors (Lipinski definition) is 1. The second-order valence-corrected chi connectivity index (χ2v) is 4.27. The molecule has 104 valence electrons. The first-order valence-electron chi connectivity index (χ1n) is 6.24. The quantitative estimate of drug-likeness (QED) is 0.786. The zero-order valence-corrected chi connectivity index (χ0v) is 10.9. The number of rotatable bonds is 4. The summed E-state index contributed by atoms with van der Waals surface area (Å²) < 4.78 is 10.8. The normalized spacial score (nSPS) is 10.3. The first-order valence-corrected chi connectivity index (χ1v) is 6.24. The molecule has 3 rings (SSSR count). The van der Waals surface area contributed by atoms with Gasteiger partial charge in [0.25, 0.3) is 0 Å². The van der Waals surface area contributed by atoms with Gasteiger partial charge in [0, 0.05) is 5.56 Å². The third-order valence-corrected chi connectivity index (χ3v) is 2.87. The van der Waals surface area contributed by atoms with Gasteiger partial charge >= 0.3 is 5.97 Å². The summed E-state index contributed by atoms with van der Waals surface area (Å²) in [6.45, 7) is 0. The monoisotopic (exact) mass is 281 g/mol. The van der Waals surface area contributed by atoms with E-state index < -0.39 is 5.97 Å². The minimum atomic E-state index is -1.12. The molecule has 3 aromatic rings. The Hall–Kier alpha value is -3.08. The number of carboxylic acids is 1. The molecule has 1 heterocycles. The zero-order valence-electron chi connectivity index (χ0n) is 10.9. The summed E-state index contributed by atoms with van der Waals surface area (Å²) in [7, 11) is 0. The third-order valence-electron chi connectivity index (χ3n) is 2.87. The molecule has 0 bridgehead atoms. The molecule has 0 unspecified atom stereocenters. The van der Waals surface area contributed by atoms with Crippen molar-refractivity contribution in [1.82, 2.24) is 4.98 Å². The van der Waals surface area contributed by atoms with E-state index in [-0.39, 0.29) is 11.5 Å². The van der Waals surface area contributed by atoms with Crippen molar-refractivity contribution < 1.29 is 19.1 Å². The number of carboxylic acid groups (broad SMARTS) is 1. The van der Waals surface area contributed by atoms with Gasteiger partial charge in [-0.15, -0.1) is 0 Å². The van der Waals surface area contributed by atoms with E-state index in [1.807, 2.05) is 30.3 Å². The van der Waals surface area contributed by atoms with Crippen molar-refractivity contribution in [3.05, 3.63) is 66.7 Å². The molecule has 0 atom stereocenters. The van der Waals surface area contributed by atoms with E-state index in [0.717, 1.165) is 12.1 Å². The average molecular weight is 281 g/mol. The summed E-state index contributed by atoms with van der Waals surface area (Å²) in [6, 6.07) is 16.3. The first-order chi connectivity index (χ1) is 10.2. The van der Waals surface area contributed by atoms with Gasteiger partial charge in [0.05, 0.1) is 0 Å². The molecule has 1 N–H and O–H groups in total. The van der Waals surface area contributed by atoms with Crippen LogP contribution >= 0.6 is 0 Å². The largest absolute Gasteiger partial charge is 0.476 e. The van der Waals surface area contributed by atoms with E-state index in [1.165, 1.54) is 0 Å². The highest BCUT2D eigenvalue weighted by Crippen LogP contribution is 2.27. The lowest BCUT2D eigenvalue weighted by atomic mass is 10.1. The number of benzene rings is 2. The van der Waals surface area contributed by atoms with Crippen molar-refractivity contribution in [2.75, 3.05) is 0 Å². The number of carbonyl (C=O) groups is 1. The Kier molecular flexibility index (Phi) is 3.39. The molecule has 21 heavy (non-hydrogen) atoms. The molecule has 0 radical (unpaired) electrons. The van der Waals surface area contributed by atoms with Crippen LogP contribution in [0.2, 0.25) is 0 Å². The van der Waals surface area contributed by atoms with Crippen LogP contribution in [0.4, 0.5) is 0 Å². The molecule has 5 nitrogen and oxygen atoms in total. The Labute approximate surface area is 120 Å². The molecule has 0 fully saturated rings. The van der Waals surface area contributed by atoms with E-state index in [4.69, 9.17) is 14.3 Å². The molecule has 0 aliphatic carbocycles. The fourth-order valence-electron chi connectivity index (χ4n) is 1.90. The molecular weight excluding hydrogens is 270 g/mol. The lowest BCUT2D eigenvalue weighted by Crippen LogP contribution is -1.98. The van der Waals surface area contributed by atoms with Gasteiger partial charge in [0.1, 0.15) is 11.5 Å². The topological polar surface area (TPSA) is 72.6 Å². The maximum atomic E-state index is 11.0. The van der Waals surface area contributed by atoms with Crippen molar-refractivity contribution in [3.8, 4) is 22.8 Å². The second-order valence-electron chi connectivity index (χ2n) is 4.27. The Balaban J connectivity index is 1.84. The van der Waals surface area contributed by atoms with Crippen LogP contribution in [-0.2, 0) is 0 Å². The van der Waals surface area contributed by atoms with Crippen LogP contribution in [0, 0.1) is 0 Å². The highest BCUT2D eigenvalue weighted by molar-refractivity contribution is 5.92. The average Bonchev–Trinajstić information content (AvgIpc) is 2.99. The molecule has 0 saturated carbocycles. The smallest absolute Gasteiger partial charge is 0.358 e. The van der Waals surface area contributed by atoms with Gasteiger partial charge in [-0.3, -0.25) is 0 Å². The number of aromatic carboxylic acids is 1. The molecule has 1 aromatic heterocycles. The summed E-state index contributed by atoms with van der Waals surface area (Å²) in [5.41, 5.74) is 0.525. The van der Waals surface area contributed by atoms with E-state index in [2.05, 4.69) is 4.98 Å². The zero-order chi connectivity index (χ0) is 14.7.